The Balaban J connectivity index is 1.29. The van der Waals surface area contributed by atoms with Crippen molar-refractivity contribution in [1.82, 2.24) is 14.8 Å². The van der Waals surface area contributed by atoms with Crippen LogP contribution in [0.2, 0.25) is 0 Å². The zero-order chi connectivity index (χ0) is 23.7. The fourth-order valence-corrected chi connectivity index (χ4v) is 4.73. The number of benzene rings is 2. The van der Waals surface area contributed by atoms with Gasteiger partial charge in [0.15, 0.2) is 10.6 Å². The number of piperazine rings is 1. The van der Waals surface area contributed by atoms with E-state index in [9.17, 15) is 14.4 Å². The van der Waals surface area contributed by atoms with Gasteiger partial charge in [0.2, 0.25) is 5.91 Å². The average Bonchev–Trinajstić information content (AvgIpc) is 3.25. The first-order valence-corrected chi connectivity index (χ1v) is 11.7. The highest BCUT2D eigenvalue weighted by Crippen LogP contribution is 2.27. The lowest BCUT2D eigenvalue weighted by Gasteiger charge is -2.32. The van der Waals surface area contributed by atoms with E-state index < -0.39 is 5.91 Å². The molecule has 3 heterocycles. The van der Waals surface area contributed by atoms with Gasteiger partial charge in [-0.1, -0.05) is 23.5 Å². The first-order chi connectivity index (χ1) is 16.5. The molecule has 1 aliphatic heterocycles. The van der Waals surface area contributed by atoms with Gasteiger partial charge in [-0.3, -0.25) is 19.7 Å². The van der Waals surface area contributed by atoms with Crippen molar-refractivity contribution >= 4 is 55.5 Å². The number of amides is 2. The summed E-state index contributed by atoms with van der Waals surface area (Å²) < 4.78 is 6.28. The summed E-state index contributed by atoms with van der Waals surface area (Å²) in [5.74, 6) is -0.411. The van der Waals surface area contributed by atoms with Crippen molar-refractivity contribution in [2.75, 3.05) is 38.5 Å². The van der Waals surface area contributed by atoms with E-state index in [0.717, 1.165) is 17.8 Å². The van der Waals surface area contributed by atoms with E-state index in [2.05, 4.69) is 15.2 Å². The lowest BCUT2D eigenvalue weighted by atomic mass is 10.1. The lowest BCUT2D eigenvalue weighted by Crippen LogP contribution is -2.47. The van der Waals surface area contributed by atoms with Crippen LogP contribution in [-0.4, -0.2) is 59.8 Å². The third-order valence-electron chi connectivity index (χ3n) is 5.78. The van der Waals surface area contributed by atoms with Gasteiger partial charge in [-0.15, -0.1) is 0 Å². The fourth-order valence-electron chi connectivity index (χ4n) is 3.82. The average molecular weight is 475 g/mol. The number of thiazole rings is 1. The van der Waals surface area contributed by atoms with E-state index in [1.54, 1.807) is 36.4 Å². The molecule has 1 aliphatic rings. The van der Waals surface area contributed by atoms with Gasteiger partial charge in [0.05, 0.1) is 21.2 Å². The van der Waals surface area contributed by atoms with Crippen LogP contribution in [0.1, 0.15) is 15.9 Å². The Morgan fingerprint density at radius 2 is 1.91 bits per heavy atom. The van der Waals surface area contributed by atoms with E-state index in [4.69, 9.17) is 4.42 Å². The molecule has 1 fully saturated rings. The molecule has 0 saturated carbocycles. The SMILES string of the molecule is CN1CCN(C(=O)c2ccc3nc(NC(=O)/C=C/c4coc5ccccc5c4=O)sc3c2)CC1. The monoisotopic (exact) mass is 474 g/mol. The molecule has 172 valence electrons. The summed E-state index contributed by atoms with van der Waals surface area (Å²) >= 11 is 1.29. The normalized spacial score (nSPS) is 14.8. The van der Waals surface area contributed by atoms with Crippen molar-refractivity contribution in [2.45, 2.75) is 0 Å². The van der Waals surface area contributed by atoms with Crippen molar-refractivity contribution < 1.29 is 14.0 Å². The maximum absolute atomic E-state index is 12.8. The quantitative estimate of drug-likeness (QED) is 0.455. The van der Waals surface area contributed by atoms with Crippen LogP contribution in [0.5, 0.6) is 0 Å². The summed E-state index contributed by atoms with van der Waals surface area (Å²) in [6.45, 7) is 3.14. The molecule has 2 amide bonds. The molecule has 1 saturated heterocycles. The van der Waals surface area contributed by atoms with Gasteiger partial charge < -0.3 is 14.2 Å². The predicted molar refractivity (Wildman–Crippen MR) is 133 cm³/mol. The summed E-state index contributed by atoms with van der Waals surface area (Å²) in [5, 5.41) is 3.60. The Hall–Kier alpha value is -3.82. The summed E-state index contributed by atoms with van der Waals surface area (Å²) in [7, 11) is 2.05. The molecule has 0 radical (unpaired) electrons. The number of rotatable bonds is 4. The van der Waals surface area contributed by atoms with Gasteiger partial charge in [0.1, 0.15) is 11.8 Å². The maximum atomic E-state index is 12.8. The second-order valence-corrected chi connectivity index (χ2v) is 9.17. The van der Waals surface area contributed by atoms with E-state index in [1.165, 1.54) is 29.8 Å². The number of para-hydroxylation sites is 1. The highest BCUT2D eigenvalue weighted by atomic mass is 32.1. The first kappa shape index (κ1) is 22.0. The first-order valence-electron chi connectivity index (χ1n) is 10.9. The van der Waals surface area contributed by atoms with Gasteiger partial charge in [-0.05, 0) is 43.5 Å². The minimum atomic E-state index is -0.416. The van der Waals surface area contributed by atoms with Crippen LogP contribution in [-0.2, 0) is 4.79 Å². The number of aromatic nitrogens is 1. The third-order valence-corrected chi connectivity index (χ3v) is 6.71. The summed E-state index contributed by atoms with van der Waals surface area (Å²) in [6, 6.07) is 12.3. The molecule has 0 bridgehead atoms. The zero-order valence-corrected chi connectivity index (χ0v) is 19.3. The number of fused-ring (bicyclic) bond motifs is 2. The van der Waals surface area contributed by atoms with E-state index in [-0.39, 0.29) is 16.9 Å². The van der Waals surface area contributed by atoms with Crippen LogP contribution >= 0.6 is 11.3 Å². The summed E-state index contributed by atoms with van der Waals surface area (Å²) in [5.41, 5.74) is 1.89. The largest absolute Gasteiger partial charge is 0.463 e. The fraction of sp³-hybridized carbons (Fsp3) is 0.200. The Labute approximate surface area is 199 Å². The van der Waals surface area contributed by atoms with E-state index in [0.29, 0.717) is 40.3 Å². The molecule has 8 nitrogen and oxygen atoms in total. The molecule has 0 spiro atoms. The Morgan fingerprint density at radius 3 is 2.74 bits per heavy atom. The summed E-state index contributed by atoms with van der Waals surface area (Å²) in [4.78, 5) is 46.3. The molecule has 2 aromatic heterocycles. The molecule has 5 rings (SSSR count). The molecule has 4 aromatic rings. The van der Waals surface area contributed by atoms with Crippen molar-refractivity contribution in [1.29, 1.82) is 0 Å². The van der Waals surface area contributed by atoms with Gasteiger partial charge in [-0.2, -0.15) is 0 Å². The number of anilines is 1. The number of hydrogen-bond donors (Lipinski definition) is 1. The number of nitrogens with one attached hydrogen (secondary N) is 1. The smallest absolute Gasteiger partial charge is 0.253 e. The standard InChI is InChI=1S/C25H22N4O4S/c1-28-10-12-29(13-11-28)24(32)16-6-8-19-21(14-16)34-25(26-19)27-22(30)9-7-17-15-33-20-5-3-2-4-18(20)23(17)31/h2-9,14-15H,10-13H2,1H3,(H,26,27,30)/b9-7+. The molecular weight excluding hydrogens is 452 g/mol. The van der Waals surface area contributed by atoms with Crippen LogP contribution in [0.25, 0.3) is 27.3 Å². The second kappa shape index (κ2) is 9.20. The topological polar surface area (TPSA) is 95.8 Å². The van der Waals surface area contributed by atoms with Crippen molar-refractivity contribution in [3.63, 3.8) is 0 Å². The molecule has 2 aromatic carbocycles. The molecule has 9 heteroatoms. The number of hydrogen-bond acceptors (Lipinski definition) is 7. The van der Waals surface area contributed by atoms with E-state index in [1.807, 2.05) is 18.0 Å². The number of carbonyl (C=O) groups is 2. The second-order valence-electron chi connectivity index (χ2n) is 8.14. The van der Waals surface area contributed by atoms with Crippen molar-refractivity contribution in [2.24, 2.45) is 0 Å². The highest BCUT2D eigenvalue weighted by Gasteiger charge is 2.21. The van der Waals surface area contributed by atoms with E-state index >= 15 is 0 Å². The lowest BCUT2D eigenvalue weighted by molar-refractivity contribution is -0.111. The maximum Gasteiger partial charge on any atom is 0.253 e. The van der Waals surface area contributed by atoms with Gasteiger partial charge in [0, 0.05) is 37.8 Å². The predicted octanol–water partition coefficient (Wildman–Crippen LogP) is 3.44. The zero-order valence-electron chi connectivity index (χ0n) is 18.5. The Bertz CT molecular complexity index is 1480. The van der Waals surface area contributed by atoms with Crippen LogP contribution in [0, 0.1) is 0 Å². The molecule has 0 unspecified atom stereocenters. The molecule has 0 atom stereocenters. The van der Waals surface area contributed by atoms with Crippen LogP contribution in [0.3, 0.4) is 0 Å². The molecule has 1 N–H and O–H groups in total. The van der Waals surface area contributed by atoms with Crippen molar-refractivity contribution in [3.05, 3.63) is 76.2 Å². The van der Waals surface area contributed by atoms with Gasteiger partial charge in [0.25, 0.3) is 5.91 Å². The summed E-state index contributed by atoms with van der Waals surface area (Å²) in [6.07, 6.45) is 4.04. The highest BCUT2D eigenvalue weighted by molar-refractivity contribution is 7.22. The van der Waals surface area contributed by atoms with Crippen LogP contribution in [0.15, 0.2) is 64.0 Å². The van der Waals surface area contributed by atoms with Gasteiger partial charge in [-0.25, -0.2) is 4.98 Å². The van der Waals surface area contributed by atoms with Gasteiger partial charge >= 0.3 is 0 Å². The molecule has 0 aliphatic carbocycles. The minimum Gasteiger partial charge on any atom is -0.463 e. The minimum absolute atomic E-state index is 0.00568. The molecular formula is C25H22N4O4S. The van der Waals surface area contributed by atoms with Crippen LogP contribution in [0.4, 0.5) is 5.13 Å². The van der Waals surface area contributed by atoms with Crippen LogP contribution < -0.4 is 10.7 Å². The number of carbonyl (C=O) groups excluding carboxylic acids is 2. The number of likely N-dealkylation sites (N-methyl/N-ethyl adjacent to an activating group) is 1. The Morgan fingerprint density at radius 1 is 1.12 bits per heavy atom. The third kappa shape index (κ3) is 4.48. The molecule has 34 heavy (non-hydrogen) atoms. The number of nitrogens with zero attached hydrogens (tertiary/aromatic N) is 3. The Kier molecular flexibility index (Phi) is 5.95. The van der Waals surface area contributed by atoms with Crippen molar-refractivity contribution in [3.8, 4) is 0 Å².